The van der Waals surface area contributed by atoms with Crippen LogP contribution in [-0.4, -0.2) is 23.5 Å². The zero-order valence-electron chi connectivity index (χ0n) is 12.4. The number of nitrogens with two attached hydrogens (primary N) is 1. The first kappa shape index (κ1) is 15.1. The van der Waals surface area contributed by atoms with Gasteiger partial charge in [-0.15, -0.1) is 0 Å². The summed E-state index contributed by atoms with van der Waals surface area (Å²) in [5.41, 5.74) is 5.83. The number of nitrogen functional groups attached to an aromatic ring is 1. The van der Waals surface area contributed by atoms with E-state index < -0.39 is 0 Å². The zero-order chi connectivity index (χ0) is 14.7. The normalized spacial score (nSPS) is 22.2. The number of nitrogens with one attached hydrogen (secondary N) is 2. The van der Waals surface area contributed by atoms with E-state index in [4.69, 9.17) is 5.73 Å². The van der Waals surface area contributed by atoms with E-state index in [1.54, 1.807) is 0 Å². The highest BCUT2D eigenvalue weighted by Gasteiger charge is 2.24. The monoisotopic (exact) mass is 296 g/mol. The van der Waals surface area contributed by atoms with Crippen LogP contribution >= 0.6 is 11.3 Å². The van der Waals surface area contributed by atoms with E-state index in [1.807, 2.05) is 13.8 Å². The molecule has 0 saturated heterocycles. The molecule has 0 aromatic carbocycles. The maximum atomic E-state index is 12.2. The van der Waals surface area contributed by atoms with Crippen molar-refractivity contribution in [3.8, 4) is 0 Å². The van der Waals surface area contributed by atoms with Crippen molar-refractivity contribution < 1.29 is 4.79 Å². The number of hydrogen-bond acceptors (Lipinski definition) is 5. The molecule has 0 bridgehead atoms. The van der Waals surface area contributed by atoms with Gasteiger partial charge in [0.1, 0.15) is 10.7 Å². The van der Waals surface area contributed by atoms with Crippen LogP contribution in [0.3, 0.4) is 0 Å². The Morgan fingerprint density at radius 1 is 1.50 bits per heavy atom. The number of carbonyl (C=O) groups excluding carboxylic acids is 1. The van der Waals surface area contributed by atoms with Crippen molar-refractivity contribution in [3.63, 3.8) is 0 Å². The first-order valence-electron chi connectivity index (χ1n) is 7.28. The number of anilines is 2. The Labute approximate surface area is 124 Å². The molecule has 20 heavy (non-hydrogen) atoms. The lowest BCUT2D eigenvalue weighted by Gasteiger charge is -2.15. The molecule has 6 heteroatoms. The van der Waals surface area contributed by atoms with Crippen LogP contribution in [0.4, 0.5) is 10.9 Å². The molecule has 1 amide bonds. The number of amides is 1. The summed E-state index contributed by atoms with van der Waals surface area (Å²) in [6, 6.07) is 0.274. The minimum atomic E-state index is -0.101. The SMILES string of the molecule is CC(C)Nc1nc(N)c(C(=O)NCC2CCCC2C)s1. The number of carbonyl (C=O) groups is 1. The van der Waals surface area contributed by atoms with Gasteiger partial charge < -0.3 is 16.4 Å². The van der Waals surface area contributed by atoms with E-state index in [9.17, 15) is 4.79 Å². The molecule has 112 valence electrons. The predicted molar refractivity (Wildman–Crippen MR) is 84.1 cm³/mol. The molecule has 2 rings (SSSR count). The Morgan fingerprint density at radius 2 is 2.25 bits per heavy atom. The second-order valence-corrected chi connectivity index (χ2v) is 6.91. The first-order chi connectivity index (χ1) is 9.47. The van der Waals surface area contributed by atoms with E-state index in [1.165, 1.54) is 30.6 Å². The molecule has 1 aliphatic rings. The Hall–Kier alpha value is -1.30. The molecule has 1 fully saturated rings. The Kier molecular flexibility index (Phi) is 4.86. The molecule has 2 atom stereocenters. The summed E-state index contributed by atoms with van der Waals surface area (Å²) in [5, 5.41) is 6.88. The van der Waals surface area contributed by atoms with Crippen molar-refractivity contribution in [2.24, 2.45) is 11.8 Å². The quantitative estimate of drug-likeness (QED) is 0.780. The van der Waals surface area contributed by atoms with Crippen molar-refractivity contribution >= 4 is 28.2 Å². The van der Waals surface area contributed by atoms with Gasteiger partial charge in [0.25, 0.3) is 5.91 Å². The number of nitrogens with zero attached hydrogens (tertiary/aromatic N) is 1. The predicted octanol–water partition coefficient (Wildman–Crippen LogP) is 2.71. The van der Waals surface area contributed by atoms with Gasteiger partial charge in [0.05, 0.1) is 0 Å². The number of hydrogen-bond donors (Lipinski definition) is 3. The number of rotatable bonds is 5. The molecule has 2 unspecified atom stereocenters. The minimum Gasteiger partial charge on any atom is -0.382 e. The summed E-state index contributed by atoms with van der Waals surface area (Å²) in [6.45, 7) is 7.05. The van der Waals surface area contributed by atoms with E-state index >= 15 is 0 Å². The Balaban J connectivity index is 1.93. The summed E-state index contributed by atoms with van der Waals surface area (Å²) in [6.07, 6.45) is 3.75. The van der Waals surface area contributed by atoms with E-state index in [2.05, 4.69) is 22.5 Å². The molecule has 1 aromatic heterocycles. The van der Waals surface area contributed by atoms with Crippen LogP contribution in [0.25, 0.3) is 0 Å². The highest BCUT2D eigenvalue weighted by molar-refractivity contribution is 7.18. The van der Waals surface area contributed by atoms with Crippen LogP contribution in [0, 0.1) is 11.8 Å². The highest BCUT2D eigenvalue weighted by atomic mass is 32.1. The highest BCUT2D eigenvalue weighted by Crippen LogP contribution is 2.31. The van der Waals surface area contributed by atoms with Crippen molar-refractivity contribution in [2.75, 3.05) is 17.6 Å². The average Bonchev–Trinajstić information content (AvgIpc) is 2.92. The third kappa shape index (κ3) is 3.62. The second kappa shape index (κ2) is 6.43. The van der Waals surface area contributed by atoms with E-state index in [0.717, 1.165) is 6.54 Å². The lowest BCUT2D eigenvalue weighted by Crippen LogP contribution is -2.30. The van der Waals surface area contributed by atoms with Gasteiger partial charge in [0.2, 0.25) is 0 Å². The molecule has 0 radical (unpaired) electrons. The molecule has 0 aliphatic heterocycles. The summed E-state index contributed by atoms with van der Waals surface area (Å²) in [7, 11) is 0. The molecule has 1 aromatic rings. The minimum absolute atomic E-state index is 0.101. The Morgan fingerprint density at radius 3 is 2.85 bits per heavy atom. The number of aromatic nitrogens is 1. The summed E-state index contributed by atoms with van der Waals surface area (Å²) in [4.78, 5) is 16.9. The maximum absolute atomic E-state index is 12.2. The van der Waals surface area contributed by atoms with E-state index in [0.29, 0.717) is 27.7 Å². The van der Waals surface area contributed by atoms with Gasteiger partial charge in [0.15, 0.2) is 5.13 Å². The van der Waals surface area contributed by atoms with Crippen LogP contribution in [-0.2, 0) is 0 Å². The molecular weight excluding hydrogens is 272 g/mol. The van der Waals surface area contributed by atoms with Crippen molar-refractivity contribution in [2.45, 2.75) is 46.1 Å². The standard InChI is InChI=1S/C14H24N4OS/c1-8(2)17-14-18-12(15)11(20-14)13(19)16-7-10-6-4-5-9(10)3/h8-10H,4-7,15H2,1-3H3,(H,16,19)(H,17,18). The first-order valence-corrected chi connectivity index (χ1v) is 8.10. The fourth-order valence-electron chi connectivity index (χ4n) is 2.63. The van der Waals surface area contributed by atoms with Gasteiger partial charge in [-0.25, -0.2) is 4.98 Å². The van der Waals surface area contributed by atoms with Crippen LogP contribution in [0.5, 0.6) is 0 Å². The van der Waals surface area contributed by atoms with E-state index in [-0.39, 0.29) is 11.9 Å². The van der Waals surface area contributed by atoms with Gasteiger partial charge in [-0.1, -0.05) is 31.1 Å². The molecule has 1 aliphatic carbocycles. The van der Waals surface area contributed by atoms with Gasteiger partial charge in [0, 0.05) is 12.6 Å². The van der Waals surface area contributed by atoms with Gasteiger partial charge in [-0.2, -0.15) is 0 Å². The fraction of sp³-hybridized carbons (Fsp3) is 0.714. The smallest absolute Gasteiger partial charge is 0.265 e. The number of thiazole rings is 1. The van der Waals surface area contributed by atoms with Gasteiger partial charge >= 0.3 is 0 Å². The van der Waals surface area contributed by atoms with Crippen LogP contribution < -0.4 is 16.4 Å². The molecule has 0 spiro atoms. The second-order valence-electron chi connectivity index (χ2n) is 5.91. The summed E-state index contributed by atoms with van der Waals surface area (Å²) >= 11 is 1.32. The van der Waals surface area contributed by atoms with Crippen molar-refractivity contribution in [1.29, 1.82) is 0 Å². The third-order valence-corrected chi connectivity index (χ3v) is 4.84. The average molecular weight is 296 g/mol. The largest absolute Gasteiger partial charge is 0.382 e. The third-order valence-electron chi connectivity index (χ3n) is 3.84. The van der Waals surface area contributed by atoms with Crippen LogP contribution in [0.2, 0.25) is 0 Å². The molecule has 1 saturated carbocycles. The topological polar surface area (TPSA) is 80.0 Å². The molecule has 4 N–H and O–H groups in total. The fourth-order valence-corrected chi connectivity index (χ4v) is 3.58. The van der Waals surface area contributed by atoms with Crippen molar-refractivity contribution in [3.05, 3.63) is 4.88 Å². The van der Waals surface area contributed by atoms with Gasteiger partial charge in [-0.05, 0) is 32.1 Å². The lowest BCUT2D eigenvalue weighted by atomic mass is 9.98. The molecule has 1 heterocycles. The lowest BCUT2D eigenvalue weighted by molar-refractivity contribution is 0.0949. The zero-order valence-corrected chi connectivity index (χ0v) is 13.2. The maximum Gasteiger partial charge on any atom is 0.265 e. The summed E-state index contributed by atoms with van der Waals surface area (Å²) in [5.74, 6) is 1.51. The van der Waals surface area contributed by atoms with Crippen LogP contribution in [0.1, 0.15) is 49.7 Å². The summed E-state index contributed by atoms with van der Waals surface area (Å²) < 4.78 is 0. The van der Waals surface area contributed by atoms with Gasteiger partial charge in [-0.3, -0.25) is 4.79 Å². The molecule has 5 nitrogen and oxygen atoms in total. The molecular formula is C14H24N4OS. The Bertz CT molecular complexity index is 472. The van der Waals surface area contributed by atoms with Crippen molar-refractivity contribution in [1.82, 2.24) is 10.3 Å². The van der Waals surface area contributed by atoms with Crippen LogP contribution in [0.15, 0.2) is 0 Å².